The van der Waals surface area contributed by atoms with E-state index < -0.39 is 29.1 Å². The van der Waals surface area contributed by atoms with Crippen molar-refractivity contribution in [1.82, 2.24) is 0 Å². The molecule has 0 spiro atoms. The number of esters is 1. The largest absolute Gasteiger partial charge is 0.441 e. The fourth-order valence-electron chi connectivity index (χ4n) is 3.72. The fraction of sp³-hybridized carbons (Fsp3) is 0.600. The molecule has 1 saturated carbocycles. The number of nitroso groups, excluding NO2 is 1. The monoisotopic (exact) mass is 307 g/mol. The first kappa shape index (κ1) is 16.5. The molecule has 2 aliphatic rings. The van der Waals surface area contributed by atoms with Gasteiger partial charge in [-0.25, -0.2) is 4.79 Å². The van der Waals surface area contributed by atoms with E-state index in [0.29, 0.717) is 0 Å². The molecular formula is C15H21N3O4. The minimum Gasteiger partial charge on any atom is -0.441 e. The number of hydrogen-bond acceptors (Lipinski definition) is 7. The van der Waals surface area contributed by atoms with Gasteiger partial charge >= 0.3 is 5.97 Å². The van der Waals surface area contributed by atoms with Gasteiger partial charge in [0, 0.05) is 30.4 Å². The Labute approximate surface area is 128 Å². The van der Waals surface area contributed by atoms with Gasteiger partial charge in [-0.2, -0.15) is 4.91 Å². The molecule has 22 heavy (non-hydrogen) atoms. The second-order valence-corrected chi connectivity index (χ2v) is 6.28. The molecule has 2 unspecified atom stereocenters. The van der Waals surface area contributed by atoms with Gasteiger partial charge in [0.1, 0.15) is 0 Å². The van der Waals surface area contributed by atoms with Gasteiger partial charge in [0.2, 0.25) is 0 Å². The zero-order valence-electron chi connectivity index (χ0n) is 12.5. The average Bonchev–Trinajstić information content (AvgIpc) is 2.70. The molecule has 0 heterocycles. The number of ether oxygens (including phenoxy) is 1. The highest BCUT2D eigenvalue weighted by molar-refractivity contribution is 5.96. The van der Waals surface area contributed by atoms with Crippen LogP contribution in [0.2, 0.25) is 0 Å². The van der Waals surface area contributed by atoms with Crippen LogP contribution in [0.1, 0.15) is 19.8 Å². The van der Waals surface area contributed by atoms with Gasteiger partial charge in [-0.05, 0) is 17.9 Å². The first-order valence-corrected chi connectivity index (χ1v) is 7.21. The zero-order valence-corrected chi connectivity index (χ0v) is 12.5. The van der Waals surface area contributed by atoms with Gasteiger partial charge in [0.05, 0.1) is 6.54 Å². The third kappa shape index (κ3) is 2.74. The Hall–Kier alpha value is -1.86. The predicted molar refractivity (Wildman–Crippen MR) is 80.3 cm³/mol. The van der Waals surface area contributed by atoms with Crippen LogP contribution in [-0.2, 0) is 14.3 Å². The third-order valence-electron chi connectivity index (χ3n) is 4.75. The summed E-state index contributed by atoms with van der Waals surface area (Å²) >= 11 is 0. The minimum absolute atomic E-state index is 0.103. The Morgan fingerprint density at radius 2 is 2.23 bits per heavy atom. The summed E-state index contributed by atoms with van der Waals surface area (Å²) in [5.41, 5.74) is 10.5. The number of nitrogens with two attached hydrogens (primary N) is 2. The SMILES string of the molecule is C=CC(=O)O[C@]1(N)CC(C)[C@]2(N)C=CC(=O)C2[C@@H](CN=O)C1. The van der Waals surface area contributed by atoms with E-state index >= 15 is 0 Å². The topological polar surface area (TPSA) is 125 Å². The normalized spacial score (nSPS) is 40.7. The lowest BCUT2D eigenvalue weighted by molar-refractivity contribution is -0.156. The van der Waals surface area contributed by atoms with Gasteiger partial charge in [0.15, 0.2) is 11.5 Å². The molecule has 7 heteroatoms. The number of allylic oxidation sites excluding steroid dienone is 1. The number of nitrogens with zero attached hydrogens (tertiary/aromatic N) is 1. The lowest BCUT2D eigenvalue weighted by Crippen LogP contribution is -2.52. The maximum absolute atomic E-state index is 12.2. The van der Waals surface area contributed by atoms with Crippen molar-refractivity contribution < 1.29 is 14.3 Å². The van der Waals surface area contributed by atoms with Gasteiger partial charge in [-0.15, -0.1) is 0 Å². The van der Waals surface area contributed by atoms with Crippen LogP contribution in [-0.4, -0.2) is 29.6 Å². The Balaban J connectivity index is 2.40. The molecule has 1 fully saturated rings. The summed E-state index contributed by atoms with van der Waals surface area (Å²) in [6, 6.07) is 0. The van der Waals surface area contributed by atoms with Crippen LogP contribution in [0.4, 0.5) is 0 Å². The standard InChI is InChI=1S/C15H21N3O4/c1-3-12(20)22-14(16)6-9(2)15(17)5-4-11(19)13(15)10(7-14)8-18-21/h3-5,9-10,13H,1,6-8,16-17H2,2H3/t9?,10-,13?,14-,15-/m1/s1. The number of ketones is 1. The van der Waals surface area contributed by atoms with Crippen LogP contribution in [0.15, 0.2) is 30.0 Å². The summed E-state index contributed by atoms with van der Waals surface area (Å²) in [4.78, 5) is 34.5. The molecule has 7 nitrogen and oxygen atoms in total. The van der Waals surface area contributed by atoms with E-state index in [4.69, 9.17) is 16.2 Å². The highest BCUT2D eigenvalue weighted by Gasteiger charge is 2.55. The van der Waals surface area contributed by atoms with Crippen LogP contribution in [0.5, 0.6) is 0 Å². The molecule has 2 rings (SSSR count). The molecule has 0 aromatic rings. The zero-order chi connectivity index (χ0) is 16.5. The third-order valence-corrected chi connectivity index (χ3v) is 4.75. The molecule has 5 atom stereocenters. The second kappa shape index (κ2) is 5.73. The Morgan fingerprint density at radius 3 is 2.82 bits per heavy atom. The van der Waals surface area contributed by atoms with E-state index in [9.17, 15) is 14.5 Å². The van der Waals surface area contributed by atoms with Crippen molar-refractivity contribution in [2.75, 3.05) is 6.54 Å². The molecule has 2 aliphatic carbocycles. The summed E-state index contributed by atoms with van der Waals surface area (Å²) in [6.07, 6.45) is 4.59. The first-order valence-electron chi connectivity index (χ1n) is 7.21. The van der Waals surface area contributed by atoms with Gasteiger partial charge < -0.3 is 10.5 Å². The number of carbonyl (C=O) groups excluding carboxylic acids is 2. The van der Waals surface area contributed by atoms with Crippen molar-refractivity contribution >= 4 is 11.8 Å². The molecule has 0 radical (unpaired) electrons. The fourth-order valence-corrected chi connectivity index (χ4v) is 3.72. The highest BCUT2D eigenvalue weighted by Crippen LogP contribution is 2.46. The number of hydrogen-bond donors (Lipinski definition) is 2. The minimum atomic E-state index is -1.30. The van der Waals surface area contributed by atoms with E-state index in [1.807, 2.05) is 6.92 Å². The van der Waals surface area contributed by atoms with Crippen molar-refractivity contribution in [2.45, 2.75) is 31.0 Å². The van der Waals surface area contributed by atoms with E-state index in [2.05, 4.69) is 11.8 Å². The molecule has 0 saturated heterocycles. The smallest absolute Gasteiger partial charge is 0.331 e. The summed E-state index contributed by atoms with van der Waals surface area (Å²) in [7, 11) is 0. The maximum Gasteiger partial charge on any atom is 0.331 e. The van der Waals surface area contributed by atoms with Crippen LogP contribution >= 0.6 is 0 Å². The van der Waals surface area contributed by atoms with E-state index in [-0.39, 0.29) is 31.1 Å². The second-order valence-electron chi connectivity index (χ2n) is 6.28. The first-order chi connectivity index (χ1) is 10.3. The van der Waals surface area contributed by atoms with E-state index in [1.165, 1.54) is 6.08 Å². The molecule has 4 N–H and O–H groups in total. The van der Waals surface area contributed by atoms with Crippen molar-refractivity contribution in [2.24, 2.45) is 34.4 Å². The van der Waals surface area contributed by atoms with Gasteiger partial charge in [-0.1, -0.05) is 24.8 Å². The summed E-state index contributed by atoms with van der Waals surface area (Å²) < 4.78 is 5.29. The van der Waals surface area contributed by atoms with Crippen molar-refractivity contribution in [3.63, 3.8) is 0 Å². The number of fused-ring (bicyclic) bond motifs is 1. The van der Waals surface area contributed by atoms with Crippen LogP contribution < -0.4 is 11.5 Å². The molecule has 0 aromatic carbocycles. The highest BCUT2D eigenvalue weighted by atomic mass is 16.6. The van der Waals surface area contributed by atoms with Gasteiger partial charge in [-0.3, -0.25) is 10.5 Å². The average molecular weight is 307 g/mol. The van der Waals surface area contributed by atoms with E-state index in [0.717, 1.165) is 6.08 Å². The number of rotatable bonds is 4. The Morgan fingerprint density at radius 1 is 1.55 bits per heavy atom. The van der Waals surface area contributed by atoms with Crippen molar-refractivity contribution in [3.05, 3.63) is 29.7 Å². The molecule has 120 valence electrons. The Bertz CT molecular complexity index is 547. The molecule has 0 aromatic heterocycles. The van der Waals surface area contributed by atoms with Crippen molar-refractivity contribution in [1.29, 1.82) is 0 Å². The summed E-state index contributed by atoms with van der Waals surface area (Å²) in [5, 5.41) is 2.92. The molecule has 0 aliphatic heterocycles. The number of carbonyl (C=O) groups is 2. The predicted octanol–water partition coefficient (Wildman–Crippen LogP) is 0.636. The summed E-state index contributed by atoms with van der Waals surface area (Å²) in [6.45, 7) is 5.10. The van der Waals surface area contributed by atoms with Crippen LogP contribution in [0, 0.1) is 22.7 Å². The van der Waals surface area contributed by atoms with Crippen LogP contribution in [0.25, 0.3) is 0 Å². The molecule has 0 amide bonds. The Kier molecular flexibility index (Phi) is 4.30. The lowest BCUT2D eigenvalue weighted by Gasteiger charge is -2.36. The van der Waals surface area contributed by atoms with Crippen LogP contribution in [0.3, 0.4) is 0 Å². The van der Waals surface area contributed by atoms with Crippen molar-refractivity contribution in [3.8, 4) is 0 Å². The van der Waals surface area contributed by atoms with Gasteiger partial charge in [0.25, 0.3) is 0 Å². The molecular weight excluding hydrogens is 286 g/mol. The molecule has 0 bridgehead atoms. The lowest BCUT2D eigenvalue weighted by atomic mass is 9.72. The summed E-state index contributed by atoms with van der Waals surface area (Å²) in [5.74, 6) is -2.04. The maximum atomic E-state index is 12.2. The quantitative estimate of drug-likeness (QED) is 0.340. The van der Waals surface area contributed by atoms with E-state index in [1.54, 1.807) is 6.08 Å².